The molecule has 0 aliphatic carbocycles. The Morgan fingerprint density at radius 1 is 1.18 bits per heavy atom. The molecule has 0 heterocycles. The van der Waals surface area contributed by atoms with E-state index in [4.69, 9.17) is 16.3 Å². The van der Waals surface area contributed by atoms with Crippen LogP contribution in [0.2, 0.25) is 5.02 Å². The Kier molecular flexibility index (Phi) is 5.22. The molecule has 0 radical (unpaired) electrons. The summed E-state index contributed by atoms with van der Waals surface area (Å²) in [5.41, 5.74) is 0.660. The molecular weight excluding hydrogens is 300 g/mol. The second-order valence-electron chi connectivity index (χ2n) is 5.19. The summed E-state index contributed by atoms with van der Waals surface area (Å²) >= 11 is 6.24. The van der Waals surface area contributed by atoms with E-state index in [0.29, 0.717) is 16.1 Å². The van der Waals surface area contributed by atoms with Gasteiger partial charge in [-0.25, -0.2) is 0 Å². The van der Waals surface area contributed by atoms with Gasteiger partial charge in [0.1, 0.15) is 5.60 Å². The molecule has 2 aromatic carbocycles. The third kappa shape index (κ3) is 3.49. The van der Waals surface area contributed by atoms with Crippen molar-refractivity contribution in [2.24, 2.45) is 0 Å². The Bertz CT molecular complexity index is 652. The zero-order chi connectivity index (χ0) is 16.2. The first-order chi connectivity index (χ1) is 10.5. The number of rotatable bonds is 5. The molecule has 1 N–H and O–H groups in total. The fraction of sp³-hybridized carbons (Fsp3) is 0.278. The lowest BCUT2D eigenvalue weighted by Crippen LogP contribution is -2.31. The van der Waals surface area contributed by atoms with Gasteiger partial charge in [-0.3, -0.25) is 4.79 Å². The van der Waals surface area contributed by atoms with Gasteiger partial charge < -0.3 is 9.84 Å². The SMILES string of the molecule is CCOC(=O)CC(O)(c1ccc(C)cc1)c1ccccc1Cl. The summed E-state index contributed by atoms with van der Waals surface area (Å²) < 4.78 is 5.00. The minimum Gasteiger partial charge on any atom is -0.466 e. The maximum atomic E-state index is 12.0. The predicted molar refractivity (Wildman–Crippen MR) is 86.9 cm³/mol. The minimum atomic E-state index is -1.52. The van der Waals surface area contributed by atoms with E-state index in [-0.39, 0.29) is 13.0 Å². The van der Waals surface area contributed by atoms with Crippen LogP contribution in [0.1, 0.15) is 30.0 Å². The number of hydrogen-bond acceptors (Lipinski definition) is 3. The largest absolute Gasteiger partial charge is 0.466 e. The van der Waals surface area contributed by atoms with E-state index in [9.17, 15) is 9.90 Å². The zero-order valence-corrected chi connectivity index (χ0v) is 13.4. The van der Waals surface area contributed by atoms with Crippen LogP contribution >= 0.6 is 11.6 Å². The lowest BCUT2D eigenvalue weighted by atomic mass is 9.83. The van der Waals surface area contributed by atoms with E-state index in [2.05, 4.69) is 0 Å². The first-order valence-electron chi connectivity index (χ1n) is 7.17. The summed E-state index contributed by atoms with van der Waals surface area (Å²) in [7, 11) is 0. The first-order valence-corrected chi connectivity index (χ1v) is 7.55. The van der Waals surface area contributed by atoms with Crippen molar-refractivity contribution >= 4 is 17.6 Å². The van der Waals surface area contributed by atoms with Crippen LogP contribution in [0.3, 0.4) is 0 Å². The number of aryl methyl sites for hydroxylation is 1. The molecule has 4 heteroatoms. The number of hydrogen-bond donors (Lipinski definition) is 1. The Hall–Kier alpha value is -1.84. The zero-order valence-electron chi connectivity index (χ0n) is 12.7. The monoisotopic (exact) mass is 318 g/mol. The van der Waals surface area contributed by atoms with Crippen LogP contribution in [-0.4, -0.2) is 17.7 Å². The van der Waals surface area contributed by atoms with E-state index in [1.165, 1.54) is 0 Å². The molecule has 3 nitrogen and oxygen atoms in total. The van der Waals surface area contributed by atoms with Gasteiger partial charge in [0.15, 0.2) is 0 Å². The Morgan fingerprint density at radius 2 is 1.82 bits per heavy atom. The molecule has 0 saturated heterocycles. The van der Waals surface area contributed by atoms with E-state index in [0.717, 1.165) is 5.56 Å². The van der Waals surface area contributed by atoms with Gasteiger partial charge in [0.05, 0.1) is 13.0 Å². The topological polar surface area (TPSA) is 46.5 Å². The Morgan fingerprint density at radius 3 is 2.41 bits per heavy atom. The van der Waals surface area contributed by atoms with Gasteiger partial charge in [-0.05, 0) is 25.5 Å². The highest BCUT2D eigenvalue weighted by atomic mass is 35.5. The van der Waals surface area contributed by atoms with Gasteiger partial charge in [0.25, 0.3) is 0 Å². The Balaban J connectivity index is 2.51. The van der Waals surface area contributed by atoms with Crippen molar-refractivity contribution < 1.29 is 14.6 Å². The van der Waals surface area contributed by atoms with Crippen LogP contribution in [0.25, 0.3) is 0 Å². The second kappa shape index (κ2) is 6.95. The van der Waals surface area contributed by atoms with Gasteiger partial charge in [0.2, 0.25) is 0 Å². The highest BCUT2D eigenvalue weighted by Crippen LogP contribution is 2.37. The van der Waals surface area contributed by atoms with E-state index in [1.54, 1.807) is 43.3 Å². The first kappa shape index (κ1) is 16.5. The van der Waals surface area contributed by atoms with Crippen LogP contribution in [0.5, 0.6) is 0 Å². The van der Waals surface area contributed by atoms with Crippen molar-refractivity contribution in [3.8, 4) is 0 Å². The quantitative estimate of drug-likeness (QED) is 0.852. The van der Waals surface area contributed by atoms with Crippen molar-refractivity contribution in [3.05, 3.63) is 70.2 Å². The molecule has 0 saturated carbocycles. The molecule has 0 aliphatic heterocycles. The molecule has 1 atom stereocenters. The number of ether oxygens (including phenoxy) is 1. The number of aliphatic hydroxyl groups is 1. The summed E-state index contributed by atoms with van der Waals surface area (Å²) in [6.07, 6.45) is -0.187. The lowest BCUT2D eigenvalue weighted by molar-refractivity contribution is -0.147. The molecule has 0 fully saturated rings. The fourth-order valence-corrected chi connectivity index (χ4v) is 2.69. The normalized spacial score (nSPS) is 13.5. The smallest absolute Gasteiger partial charge is 0.309 e. The minimum absolute atomic E-state index is 0.187. The predicted octanol–water partition coefficient (Wildman–Crippen LogP) is 3.84. The number of carbonyl (C=O) groups is 1. The molecule has 2 rings (SSSR count). The highest BCUT2D eigenvalue weighted by molar-refractivity contribution is 6.31. The molecule has 2 aromatic rings. The summed E-state index contributed by atoms with van der Waals surface area (Å²) in [5, 5.41) is 11.6. The third-order valence-corrected chi connectivity index (χ3v) is 3.88. The molecule has 0 aromatic heterocycles. The molecule has 0 bridgehead atoms. The highest BCUT2D eigenvalue weighted by Gasteiger charge is 2.36. The Labute approximate surface area is 135 Å². The van der Waals surface area contributed by atoms with Crippen LogP contribution < -0.4 is 0 Å². The van der Waals surface area contributed by atoms with E-state index in [1.807, 2.05) is 19.1 Å². The summed E-state index contributed by atoms with van der Waals surface area (Å²) in [4.78, 5) is 12.0. The van der Waals surface area contributed by atoms with Crippen molar-refractivity contribution in [2.75, 3.05) is 6.61 Å². The van der Waals surface area contributed by atoms with Crippen molar-refractivity contribution in [1.29, 1.82) is 0 Å². The van der Waals surface area contributed by atoms with E-state index >= 15 is 0 Å². The van der Waals surface area contributed by atoms with Crippen LogP contribution in [-0.2, 0) is 15.1 Å². The molecule has 1 unspecified atom stereocenters. The average Bonchev–Trinajstić information content (AvgIpc) is 2.48. The van der Waals surface area contributed by atoms with Gasteiger partial charge >= 0.3 is 5.97 Å². The van der Waals surface area contributed by atoms with Crippen LogP contribution in [0.15, 0.2) is 48.5 Å². The number of halogens is 1. The molecule has 0 spiro atoms. The number of carbonyl (C=O) groups excluding carboxylic acids is 1. The summed E-state index contributed by atoms with van der Waals surface area (Å²) in [6.45, 7) is 3.97. The van der Waals surface area contributed by atoms with Crippen LogP contribution in [0, 0.1) is 6.92 Å². The maximum Gasteiger partial charge on any atom is 0.309 e. The molecule has 0 aliphatic rings. The van der Waals surface area contributed by atoms with Gasteiger partial charge in [-0.15, -0.1) is 0 Å². The summed E-state index contributed by atoms with van der Waals surface area (Å²) in [6, 6.07) is 14.4. The number of esters is 1. The fourth-order valence-electron chi connectivity index (χ4n) is 2.40. The van der Waals surface area contributed by atoms with Crippen molar-refractivity contribution in [1.82, 2.24) is 0 Å². The van der Waals surface area contributed by atoms with Crippen molar-refractivity contribution in [3.63, 3.8) is 0 Å². The van der Waals surface area contributed by atoms with E-state index < -0.39 is 11.6 Å². The third-order valence-electron chi connectivity index (χ3n) is 3.55. The molecule has 116 valence electrons. The molecule has 0 amide bonds. The molecular formula is C18H19ClO3. The van der Waals surface area contributed by atoms with Gasteiger partial charge in [-0.2, -0.15) is 0 Å². The second-order valence-corrected chi connectivity index (χ2v) is 5.60. The summed E-state index contributed by atoms with van der Waals surface area (Å²) in [5.74, 6) is -0.467. The van der Waals surface area contributed by atoms with Gasteiger partial charge in [0, 0.05) is 10.6 Å². The molecule has 22 heavy (non-hydrogen) atoms. The van der Waals surface area contributed by atoms with Crippen molar-refractivity contribution in [2.45, 2.75) is 25.9 Å². The number of benzene rings is 2. The maximum absolute atomic E-state index is 12.0. The average molecular weight is 319 g/mol. The standard InChI is InChI=1S/C18H19ClO3/c1-3-22-17(20)12-18(21,14-10-8-13(2)9-11-14)15-6-4-5-7-16(15)19/h4-11,21H,3,12H2,1-2H3. The van der Waals surface area contributed by atoms with Crippen LogP contribution in [0.4, 0.5) is 0 Å². The lowest BCUT2D eigenvalue weighted by Gasteiger charge is -2.29. The van der Waals surface area contributed by atoms with Gasteiger partial charge in [-0.1, -0.05) is 59.6 Å².